The van der Waals surface area contributed by atoms with E-state index in [1.165, 1.54) is 19.2 Å². The number of hydrogen-bond donors (Lipinski definition) is 1. The zero-order valence-corrected chi connectivity index (χ0v) is 15.2. The van der Waals surface area contributed by atoms with Crippen molar-refractivity contribution in [2.45, 2.75) is 13.1 Å². The molecule has 6 nitrogen and oxygen atoms in total. The maximum Gasteiger partial charge on any atom is 0.433 e. The molecule has 28 heavy (non-hydrogen) atoms. The van der Waals surface area contributed by atoms with Crippen LogP contribution in [-0.2, 0) is 6.18 Å². The number of hydrogen-bond acceptors (Lipinski definition) is 5. The number of halogens is 3. The first-order valence-electron chi connectivity index (χ1n) is 8.09. The minimum Gasteiger partial charge on any atom is -0.284 e. The number of pyridine rings is 1. The topological polar surface area (TPSA) is 75.9 Å². The first kappa shape index (κ1) is 18.1. The summed E-state index contributed by atoms with van der Waals surface area (Å²) in [4.78, 5) is 25.1. The number of alkyl halides is 3. The quantitative estimate of drug-likeness (QED) is 0.518. The summed E-state index contributed by atoms with van der Waals surface area (Å²) >= 11 is 1.11. The van der Waals surface area contributed by atoms with Crippen LogP contribution >= 0.6 is 11.3 Å². The van der Waals surface area contributed by atoms with Gasteiger partial charge in [0, 0.05) is 6.20 Å². The van der Waals surface area contributed by atoms with E-state index >= 15 is 0 Å². The first-order chi connectivity index (χ1) is 13.3. The number of aromatic amines is 1. The van der Waals surface area contributed by atoms with Crippen molar-refractivity contribution >= 4 is 33.1 Å². The monoisotopic (exact) mass is 403 g/mol. The summed E-state index contributed by atoms with van der Waals surface area (Å²) in [6.45, 7) is 1.34. The highest BCUT2D eigenvalue weighted by molar-refractivity contribution is 7.20. The number of thiazole rings is 1. The lowest BCUT2D eigenvalue weighted by atomic mass is 10.1. The van der Waals surface area contributed by atoms with Crippen LogP contribution in [0.4, 0.5) is 19.0 Å². The Morgan fingerprint density at radius 1 is 1.18 bits per heavy atom. The number of aromatic nitrogens is 4. The fraction of sp³-hybridized carbons (Fsp3) is 0.111. The van der Waals surface area contributed by atoms with E-state index in [4.69, 9.17) is 0 Å². The van der Waals surface area contributed by atoms with E-state index in [1.54, 1.807) is 36.4 Å². The van der Waals surface area contributed by atoms with Crippen molar-refractivity contribution in [3.05, 3.63) is 70.3 Å². The smallest absolute Gasteiger partial charge is 0.284 e. The predicted octanol–water partition coefficient (Wildman–Crippen LogP) is 4.33. The Morgan fingerprint density at radius 3 is 2.61 bits per heavy atom. The van der Waals surface area contributed by atoms with Crippen LogP contribution in [0, 0.1) is 0 Å². The Morgan fingerprint density at radius 2 is 1.93 bits per heavy atom. The van der Waals surface area contributed by atoms with Gasteiger partial charge in [0.15, 0.2) is 11.5 Å². The molecule has 0 bridgehead atoms. The van der Waals surface area contributed by atoms with Gasteiger partial charge in [-0.25, -0.2) is 15.0 Å². The second-order valence-corrected chi connectivity index (χ2v) is 6.86. The van der Waals surface area contributed by atoms with Crippen molar-refractivity contribution < 1.29 is 13.2 Å². The second-order valence-electron chi connectivity index (χ2n) is 5.85. The van der Waals surface area contributed by atoms with Gasteiger partial charge in [-0.15, -0.1) is 0 Å². The van der Waals surface area contributed by atoms with Gasteiger partial charge < -0.3 is 0 Å². The van der Waals surface area contributed by atoms with Crippen molar-refractivity contribution in [1.29, 1.82) is 0 Å². The number of rotatable bonds is 3. The molecule has 4 aromatic rings. The minimum atomic E-state index is -4.77. The van der Waals surface area contributed by atoms with Crippen molar-refractivity contribution in [2.75, 3.05) is 0 Å². The Bertz CT molecular complexity index is 1200. The molecule has 142 valence electrons. The largest absolute Gasteiger partial charge is 0.433 e. The van der Waals surface area contributed by atoms with Crippen LogP contribution in [0.5, 0.6) is 0 Å². The van der Waals surface area contributed by atoms with Gasteiger partial charge in [-0.2, -0.15) is 17.9 Å². The summed E-state index contributed by atoms with van der Waals surface area (Å²) in [7, 11) is 0. The lowest BCUT2D eigenvalue weighted by molar-refractivity contribution is -0.141. The summed E-state index contributed by atoms with van der Waals surface area (Å²) in [6.07, 6.45) is -3.30. The highest BCUT2D eigenvalue weighted by Crippen LogP contribution is 2.31. The third-order valence-corrected chi connectivity index (χ3v) is 4.96. The molecule has 0 saturated heterocycles. The number of H-pyrrole nitrogens is 1. The van der Waals surface area contributed by atoms with Gasteiger partial charge >= 0.3 is 6.18 Å². The summed E-state index contributed by atoms with van der Waals surface area (Å²) in [5.41, 5.74) is -2.10. The van der Waals surface area contributed by atoms with Crippen molar-refractivity contribution in [2.24, 2.45) is 4.99 Å². The van der Waals surface area contributed by atoms with Gasteiger partial charge in [0.1, 0.15) is 0 Å². The maximum atomic E-state index is 13.6. The predicted molar refractivity (Wildman–Crippen MR) is 101 cm³/mol. The van der Waals surface area contributed by atoms with E-state index in [-0.39, 0.29) is 16.7 Å². The van der Waals surface area contributed by atoms with Crippen molar-refractivity contribution in [1.82, 2.24) is 19.7 Å². The lowest BCUT2D eigenvalue weighted by Crippen LogP contribution is -2.20. The van der Waals surface area contributed by atoms with Crippen LogP contribution in [0.3, 0.4) is 0 Å². The molecule has 0 aliphatic carbocycles. The lowest BCUT2D eigenvalue weighted by Gasteiger charge is -2.06. The SMILES string of the molecule is C/C(=N\c1ccccn1)c1c(C(F)(F)F)[nH]n(-c2nc3ccccc3s2)c1=O. The fourth-order valence-corrected chi connectivity index (χ4v) is 3.64. The summed E-state index contributed by atoms with van der Waals surface area (Å²) in [5.74, 6) is 0.209. The first-order valence-corrected chi connectivity index (χ1v) is 8.91. The van der Waals surface area contributed by atoms with Crippen LogP contribution < -0.4 is 5.56 Å². The van der Waals surface area contributed by atoms with Crippen LogP contribution in [0.1, 0.15) is 18.2 Å². The van der Waals surface area contributed by atoms with Gasteiger partial charge in [-0.3, -0.25) is 9.89 Å². The van der Waals surface area contributed by atoms with E-state index in [2.05, 4.69) is 20.1 Å². The minimum absolute atomic E-state index is 0.0906. The molecule has 1 N–H and O–H groups in total. The van der Waals surface area contributed by atoms with E-state index in [0.29, 0.717) is 5.52 Å². The van der Waals surface area contributed by atoms with Crippen LogP contribution in [0.2, 0.25) is 0 Å². The van der Waals surface area contributed by atoms with Gasteiger partial charge in [-0.1, -0.05) is 29.5 Å². The van der Waals surface area contributed by atoms with Gasteiger partial charge in [-0.05, 0) is 31.2 Å². The number of nitrogens with one attached hydrogen (secondary N) is 1. The normalized spacial score (nSPS) is 12.6. The summed E-state index contributed by atoms with van der Waals surface area (Å²) < 4.78 is 42.3. The van der Waals surface area contributed by atoms with Crippen molar-refractivity contribution in [3.63, 3.8) is 0 Å². The van der Waals surface area contributed by atoms with E-state index < -0.39 is 23.0 Å². The molecule has 0 fully saturated rings. The zero-order valence-electron chi connectivity index (χ0n) is 14.4. The Kier molecular flexibility index (Phi) is 4.34. The molecule has 0 aliphatic heterocycles. The molecule has 0 atom stereocenters. The molecule has 0 amide bonds. The van der Waals surface area contributed by atoms with E-state index in [1.807, 2.05) is 0 Å². The van der Waals surface area contributed by atoms with Gasteiger partial charge in [0.2, 0.25) is 5.13 Å². The standard InChI is InChI=1S/C18H12F3N5OS/c1-10(23-13-8-4-5-9-22-13)14-15(18(19,20)21)25-26(16(14)27)17-24-11-6-2-3-7-12(11)28-17/h2-9,25H,1H3/b23-10+. The molecular weight excluding hydrogens is 391 g/mol. The average Bonchev–Trinajstić information content (AvgIpc) is 3.23. The number of para-hydroxylation sites is 1. The fourth-order valence-electron chi connectivity index (χ4n) is 2.72. The molecule has 1 aromatic carbocycles. The Balaban J connectivity index is 1.91. The van der Waals surface area contributed by atoms with E-state index in [0.717, 1.165) is 20.7 Å². The molecule has 4 rings (SSSR count). The molecular formula is C18H12F3N5OS. The number of nitrogens with zero attached hydrogens (tertiary/aromatic N) is 4. The van der Waals surface area contributed by atoms with Crippen molar-refractivity contribution in [3.8, 4) is 5.13 Å². The molecule has 0 aliphatic rings. The number of fused-ring (bicyclic) bond motifs is 1. The highest BCUT2D eigenvalue weighted by Gasteiger charge is 2.39. The van der Waals surface area contributed by atoms with Crippen LogP contribution in [0.15, 0.2) is 58.4 Å². The van der Waals surface area contributed by atoms with Crippen LogP contribution in [0.25, 0.3) is 15.3 Å². The summed E-state index contributed by atoms with van der Waals surface area (Å²) in [5, 5.41) is 2.28. The Labute approximate surface area is 160 Å². The molecule has 3 heterocycles. The Hall–Kier alpha value is -3.27. The molecule has 0 radical (unpaired) electrons. The number of benzene rings is 1. The third-order valence-electron chi connectivity index (χ3n) is 3.94. The van der Waals surface area contributed by atoms with E-state index in [9.17, 15) is 18.0 Å². The molecule has 0 unspecified atom stereocenters. The van der Waals surface area contributed by atoms with Gasteiger partial charge in [0.05, 0.1) is 21.5 Å². The number of aliphatic imine (C=N–C) groups is 1. The maximum absolute atomic E-state index is 13.6. The van der Waals surface area contributed by atoms with Gasteiger partial charge in [0.25, 0.3) is 5.56 Å². The molecule has 10 heteroatoms. The van der Waals surface area contributed by atoms with Crippen LogP contribution in [-0.4, -0.2) is 25.5 Å². The zero-order chi connectivity index (χ0) is 19.9. The molecule has 0 saturated carbocycles. The highest BCUT2D eigenvalue weighted by atomic mass is 32.1. The average molecular weight is 403 g/mol. The summed E-state index contributed by atoms with van der Waals surface area (Å²) in [6, 6.07) is 11.9. The molecule has 3 aromatic heterocycles. The third kappa shape index (κ3) is 3.22. The second kappa shape index (κ2) is 6.71. The molecule has 0 spiro atoms.